The first-order valence-electron chi connectivity index (χ1n) is 6.53. The molecule has 2 rings (SSSR count). The molecule has 20 heavy (non-hydrogen) atoms. The molecule has 1 N–H and O–H groups in total. The third kappa shape index (κ3) is 4.58. The van der Waals surface area contributed by atoms with E-state index in [1.165, 1.54) is 10.5 Å². The SMILES string of the molecule is Cc1cnc(Sc2cc(Br)ccc2CNC(C)C)nc1. The lowest BCUT2D eigenvalue weighted by Crippen LogP contribution is -2.22. The highest BCUT2D eigenvalue weighted by molar-refractivity contribution is 9.10. The van der Waals surface area contributed by atoms with Gasteiger partial charge in [-0.1, -0.05) is 35.8 Å². The number of hydrogen-bond donors (Lipinski definition) is 1. The molecule has 2 aromatic rings. The van der Waals surface area contributed by atoms with Crippen LogP contribution in [0.3, 0.4) is 0 Å². The molecular formula is C15H18BrN3S. The van der Waals surface area contributed by atoms with Gasteiger partial charge in [0.15, 0.2) is 5.16 Å². The van der Waals surface area contributed by atoms with Gasteiger partial charge in [0.1, 0.15) is 0 Å². The van der Waals surface area contributed by atoms with Crippen molar-refractivity contribution in [1.29, 1.82) is 0 Å². The number of halogens is 1. The second-order valence-electron chi connectivity index (χ2n) is 4.93. The van der Waals surface area contributed by atoms with Crippen LogP contribution in [0.15, 0.2) is 45.1 Å². The molecule has 0 amide bonds. The van der Waals surface area contributed by atoms with E-state index in [4.69, 9.17) is 0 Å². The van der Waals surface area contributed by atoms with Gasteiger partial charge in [-0.2, -0.15) is 0 Å². The standard InChI is InChI=1S/C15H18BrN3S/c1-10(2)17-9-12-4-5-13(16)6-14(12)20-15-18-7-11(3)8-19-15/h4-8,10,17H,9H2,1-3H3. The summed E-state index contributed by atoms with van der Waals surface area (Å²) in [5.41, 5.74) is 2.33. The second-order valence-corrected chi connectivity index (χ2v) is 6.86. The summed E-state index contributed by atoms with van der Waals surface area (Å²) in [6, 6.07) is 6.78. The van der Waals surface area contributed by atoms with Crippen LogP contribution in [0, 0.1) is 6.92 Å². The van der Waals surface area contributed by atoms with Gasteiger partial charge in [-0.15, -0.1) is 0 Å². The zero-order valence-corrected chi connectivity index (χ0v) is 14.3. The number of benzene rings is 1. The fourth-order valence-electron chi connectivity index (χ4n) is 1.62. The Hall–Kier alpha value is -0.910. The minimum atomic E-state index is 0.465. The highest BCUT2D eigenvalue weighted by Crippen LogP contribution is 2.30. The summed E-state index contributed by atoms with van der Waals surface area (Å²) in [7, 11) is 0. The number of aryl methyl sites for hydroxylation is 1. The van der Waals surface area contributed by atoms with Crippen LogP contribution in [0.4, 0.5) is 0 Å². The Bertz CT molecular complexity index is 570. The number of aromatic nitrogens is 2. The molecule has 0 unspecified atom stereocenters. The molecule has 0 atom stereocenters. The summed E-state index contributed by atoms with van der Waals surface area (Å²) in [6.45, 7) is 7.13. The van der Waals surface area contributed by atoms with Crippen LogP contribution in [0.1, 0.15) is 25.0 Å². The Labute approximate surface area is 132 Å². The van der Waals surface area contributed by atoms with Crippen molar-refractivity contribution in [2.24, 2.45) is 0 Å². The maximum atomic E-state index is 4.36. The Morgan fingerprint density at radius 3 is 2.60 bits per heavy atom. The minimum Gasteiger partial charge on any atom is -0.310 e. The smallest absolute Gasteiger partial charge is 0.192 e. The zero-order valence-electron chi connectivity index (χ0n) is 11.9. The van der Waals surface area contributed by atoms with Crippen molar-refractivity contribution in [3.05, 3.63) is 46.2 Å². The summed E-state index contributed by atoms with van der Waals surface area (Å²) in [6.07, 6.45) is 3.69. The molecule has 0 aliphatic heterocycles. The van der Waals surface area contributed by atoms with Crippen molar-refractivity contribution in [3.8, 4) is 0 Å². The van der Waals surface area contributed by atoms with Crippen LogP contribution < -0.4 is 5.32 Å². The van der Waals surface area contributed by atoms with E-state index in [1.54, 1.807) is 11.8 Å². The number of nitrogens with one attached hydrogen (secondary N) is 1. The monoisotopic (exact) mass is 351 g/mol. The highest BCUT2D eigenvalue weighted by Gasteiger charge is 2.08. The van der Waals surface area contributed by atoms with Gasteiger partial charge < -0.3 is 5.32 Å². The molecule has 3 nitrogen and oxygen atoms in total. The van der Waals surface area contributed by atoms with E-state index < -0.39 is 0 Å². The lowest BCUT2D eigenvalue weighted by atomic mass is 10.2. The summed E-state index contributed by atoms with van der Waals surface area (Å²) in [4.78, 5) is 9.89. The molecule has 0 bridgehead atoms. The minimum absolute atomic E-state index is 0.465. The van der Waals surface area contributed by atoms with E-state index in [0.717, 1.165) is 21.7 Å². The van der Waals surface area contributed by atoms with Gasteiger partial charge in [-0.25, -0.2) is 9.97 Å². The predicted octanol–water partition coefficient (Wildman–Crippen LogP) is 4.20. The highest BCUT2D eigenvalue weighted by atomic mass is 79.9. The van der Waals surface area contributed by atoms with Crippen LogP contribution in [0.2, 0.25) is 0 Å². The average molecular weight is 352 g/mol. The molecule has 1 aromatic heterocycles. The Balaban J connectivity index is 2.20. The first-order chi connectivity index (χ1) is 9.54. The third-order valence-corrected chi connectivity index (χ3v) is 4.18. The maximum Gasteiger partial charge on any atom is 0.192 e. The summed E-state index contributed by atoms with van der Waals surface area (Å²) >= 11 is 5.12. The van der Waals surface area contributed by atoms with E-state index in [9.17, 15) is 0 Å². The molecule has 0 aliphatic rings. The van der Waals surface area contributed by atoms with Gasteiger partial charge >= 0.3 is 0 Å². The lowest BCUT2D eigenvalue weighted by Gasteiger charge is -2.12. The molecule has 0 aliphatic carbocycles. The molecule has 0 spiro atoms. The van der Waals surface area contributed by atoms with Crippen LogP contribution in [0.25, 0.3) is 0 Å². The van der Waals surface area contributed by atoms with Gasteiger partial charge in [0, 0.05) is 34.3 Å². The maximum absolute atomic E-state index is 4.36. The Morgan fingerprint density at radius 2 is 1.95 bits per heavy atom. The number of hydrogen-bond acceptors (Lipinski definition) is 4. The van der Waals surface area contributed by atoms with Crippen molar-refractivity contribution in [2.45, 2.75) is 43.4 Å². The first kappa shape index (κ1) is 15.5. The second kappa shape index (κ2) is 7.20. The van der Waals surface area contributed by atoms with Crippen LogP contribution in [0.5, 0.6) is 0 Å². The third-order valence-electron chi connectivity index (χ3n) is 2.69. The lowest BCUT2D eigenvalue weighted by molar-refractivity contribution is 0.584. The van der Waals surface area contributed by atoms with Gasteiger partial charge in [0.05, 0.1) is 0 Å². The summed E-state index contributed by atoms with van der Waals surface area (Å²) in [5, 5.41) is 4.22. The molecule has 1 aromatic carbocycles. The molecule has 0 saturated heterocycles. The average Bonchev–Trinajstić information content (AvgIpc) is 2.40. The molecule has 0 fully saturated rings. The fourth-order valence-corrected chi connectivity index (χ4v) is 2.99. The van der Waals surface area contributed by atoms with Crippen LogP contribution >= 0.6 is 27.7 Å². The molecule has 0 radical (unpaired) electrons. The first-order valence-corrected chi connectivity index (χ1v) is 8.14. The quantitative estimate of drug-likeness (QED) is 0.819. The van der Waals surface area contributed by atoms with Crippen molar-refractivity contribution >= 4 is 27.7 Å². The van der Waals surface area contributed by atoms with Crippen LogP contribution in [-0.4, -0.2) is 16.0 Å². The number of rotatable bonds is 5. The molecule has 1 heterocycles. The van der Waals surface area contributed by atoms with E-state index in [1.807, 2.05) is 19.3 Å². The van der Waals surface area contributed by atoms with Crippen LogP contribution in [-0.2, 0) is 6.54 Å². The van der Waals surface area contributed by atoms with Crippen molar-refractivity contribution in [1.82, 2.24) is 15.3 Å². The zero-order chi connectivity index (χ0) is 14.5. The van der Waals surface area contributed by atoms with Gasteiger partial charge in [-0.05, 0) is 41.9 Å². The Morgan fingerprint density at radius 1 is 1.25 bits per heavy atom. The summed E-state index contributed by atoms with van der Waals surface area (Å²) < 4.78 is 1.07. The molecule has 0 saturated carbocycles. The molecule has 5 heteroatoms. The van der Waals surface area contributed by atoms with E-state index in [-0.39, 0.29) is 0 Å². The van der Waals surface area contributed by atoms with Gasteiger partial charge in [-0.3, -0.25) is 0 Å². The normalized spacial score (nSPS) is 11.1. The summed E-state index contributed by atoms with van der Waals surface area (Å²) in [5.74, 6) is 0. The number of nitrogens with zero attached hydrogens (tertiary/aromatic N) is 2. The van der Waals surface area contributed by atoms with E-state index in [2.05, 4.69) is 63.3 Å². The fraction of sp³-hybridized carbons (Fsp3) is 0.333. The molecule has 106 valence electrons. The Kier molecular flexibility index (Phi) is 5.57. The topological polar surface area (TPSA) is 37.8 Å². The van der Waals surface area contributed by atoms with Gasteiger partial charge in [0.25, 0.3) is 0 Å². The van der Waals surface area contributed by atoms with Gasteiger partial charge in [0.2, 0.25) is 0 Å². The van der Waals surface area contributed by atoms with E-state index >= 15 is 0 Å². The van der Waals surface area contributed by atoms with Crippen molar-refractivity contribution in [2.75, 3.05) is 0 Å². The predicted molar refractivity (Wildman–Crippen MR) is 87.0 cm³/mol. The van der Waals surface area contributed by atoms with E-state index in [0.29, 0.717) is 6.04 Å². The molecular weight excluding hydrogens is 334 g/mol. The van der Waals surface area contributed by atoms with Crippen molar-refractivity contribution < 1.29 is 0 Å². The largest absolute Gasteiger partial charge is 0.310 e. The van der Waals surface area contributed by atoms with Crippen molar-refractivity contribution in [3.63, 3.8) is 0 Å².